The standard InChI is InChI=1S/C16H23N3O2/c1-13(2)19(7-8-20)6-3-9-21-15-5-4-14-11-17-12-18-16(14)10-15/h4-5,10-13,20H,3,6-9H2,1-2H3. The van der Waals surface area contributed by atoms with Crippen LogP contribution in [0.15, 0.2) is 30.7 Å². The topological polar surface area (TPSA) is 58.5 Å². The molecule has 0 unspecified atom stereocenters. The first-order chi connectivity index (χ1) is 10.2. The summed E-state index contributed by atoms with van der Waals surface area (Å²) in [6.45, 7) is 6.77. The van der Waals surface area contributed by atoms with Gasteiger partial charge in [0.05, 0.1) is 18.7 Å². The first-order valence-corrected chi connectivity index (χ1v) is 7.38. The predicted octanol–water partition coefficient (Wildman–Crippen LogP) is 2.10. The molecule has 0 saturated carbocycles. The lowest BCUT2D eigenvalue weighted by Crippen LogP contribution is -2.34. The molecule has 5 heteroatoms. The molecular weight excluding hydrogens is 266 g/mol. The number of hydrogen-bond donors (Lipinski definition) is 1. The van der Waals surface area contributed by atoms with Crippen LogP contribution in [0.25, 0.3) is 10.9 Å². The molecule has 0 radical (unpaired) electrons. The molecule has 21 heavy (non-hydrogen) atoms. The molecule has 2 rings (SSSR count). The minimum atomic E-state index is 0.198. The van der Waals surface area contributed by atoms with Gasteiger partial charge >= 0.3 is 0 Å². The van der Waals surface area contributed by atoms with Crippen LogP contribution in [-0.4, -0.2) is 52.3 Å². The van der Waals surface area contributed by atoms with Gasteiger partial charge in [-0.2, -0.15) is 0 Å². The van der Waals surface area contributed by atoms with Crippen LogP contribution in [0, 0.1) is 0 Å². The normalized spacial score (nSPS) is 11.5. The molecule has 1 aromatic heterocycles. The van der Waals surface area contributed by atoms with Gasteiger partial charge in [-0.1, -0.05) is 0 Å². The Morgan fingerprint density at radius 1 is 1.29 bits per heavy atom. The van der Waals surface area contributed by atoms with Crippen LogP contribution in [0.3, 0.4) is 0 Å². The van der Waals surface area contributed by atoms with Gasteiger partial charge in [0.25, 0.3) is 0 Å². The van der Waals surface area contributed by atoms with E-state index in [2.05, 4.69) is 28.7 Å². The number of benzene rings is 1. The molecule has 0 aliphatic rings. The zero-order chi connectivity index (χ0) is 15.1. The second-order valence-electron chi connectivity index (χ2n) is 5.30. The highest BCUT2D eigenvalue weighted by atomic mass is 16.5. The maximum atomic E-state index is 9.04. The van der Waals surface area contributed by atoms with Crippen LogP contribution in [0.2, 0.25) is 0 Å². The fourth-order valence-electron chi connectivity index (χ4n) is 2.26. The molecule has 1 aromatic carbocycles. The van der Waals surface area contributed by atoms with Crippen molar-refractivity contribution in [1.82, 2.24) is 14.9 Å². The Balaban J connectivity index is 1.82. The molecule has 0 bridgehead atoms. The molecule has 0 fully saturated rings. The lowest BCUT2D eigenvalue weighted by molar-refractivity contribution is 0.155. The number of aromatic nitrogens is 2. The van der Waals surface area contributed by atoms with Crippen LogP contribution in [-0.2, 0) is 0 Å². The third-order valence-electron chi connectivity index (χ3n) is 3.45. The van der Waals surface area contributed by atoms with Gasteiger partial charge in [0.15, 0.2) is 0 Å². The summed E-state index contributed by atoms with van der Waals surface area (Å²) < 4.78 is 5.77. The Kier molecular flexibility index (Phi) is 5.90. The van der Waals surface area contributed by atoms with Crippen molar-refractivity contribution >= 4 is 10.9 Å². The first-order valence-electron chi connectivity index (χ1n) is 7.38. The molecular formula is C16H23N3O2. The van der Waals surface area contributed by atoms with Gasteiger partial charge in [0.1, 0.15) is 12.1 Å². The summed E-state index contributed by atoms with van der Waals surface area (Å²) in [5.74, 6) is 0.833. The van der Waals surface area contributed by atoms with E-state index in [0.29, 0.717) is 19.2 Å². The lowest BCUT2D eigenvalue weighted by atomic mass is 10.2. The molecule has 1 heterocycles. The zero-order valence-corrected chi connectivity index (χ0v) is 12.7. The molecule has 2 aromatic rings. The number of fused-ring (bicyclic) bond motifs is 1. The number of aliphatic hydroxyl groups excluding tert-OH is 1. The summed E-state index contributed by atoms with van der Waals surface area (Å²) in [5.41, 5.74) is 0.895. The van der Waals surface area contributed by atoms with Crippen molar-refractivity contribution in [3.8, 4) is 5.75 Å². The van der Waals surface area contributed by atoms with E-state index in [0.717, 1.165) is 29.6 Å². The summed E-state index contributed by atoms with van der Waals surface area (Å²) in [4.78, 5) is 10.5. The van der Waals surface area contributed by atoms with Crippen molar-refractivity contribution in [1.29, 1.82) is 0 Å². The van der Waals surface area contributed by atoms with Gasteiger partial charge in [-0.25, -0.2) is 9.97 Å². The van der Waals surface area contributed by atoms with E-state index in [1.54, 1.807) is 12.5 Å². The molecule has 1 N–H and O–H groups in total. The highest BCUT2D eigenvalue weighted by Gasteiger charge is 2.08. The van der Waals surface area contributed by atoms with Crippen molar-refractivity contribution < 1.29 is 9.84 Å². The summed E-state index contributed by atoms with van der Waals surface area (Å²) in [7, 11) is 0. The SMILES string of the molecule is CC(C)N(CCO)CCCOc1ccc2cncnc2c1. The fraction of sp³-hybridized carbons (Fsp3) is 0.500. The maximum absolute atomic E-state index is 9.04. The minimum absolute atomic E-state index is 0.198. The van der Waals surface area contributed by atoms with E-state index in [9.17, 15) is 0 Å². The van der Waals surface area contributed by atoms with E-state index in [1.807, 2.05) is 18.2 Å². The van der Waals surface area contributed by atoms with Crippen LogP contribution in [0.1, 0.15) is 20.3 Å². The van der Waals surface area contributed by atoms with Gasteiger partial charge in [-0.15, -0.1) is 0 Å². The van der Waals surface area contributed by atoms with E-state index >= 15 is 0 Å². The largest absolute Gasteiger partial charge is 0.493 e. The minimum Gasteiger partial charge on any atom is -0.493 e. The number of aliphatic hydroxyl groups is 1. The Bertz CT molecular complexity index is 560. The van der Waals surface area contributed by atoms with E-state index in [4.69, 9.17) is 9.84 Å². The molecule has 0 aliphatic heterocycles. The Hall–Kier alpha value is -1.72. The molecule has 0 spiro atoms. The van der Waals surface area contributed by atoms with Crippen LogP contribution < -0.4 is 4.74 Å². The van der Waals surface area contributed by atoms with E-state index in [1.165, 1.54) is 0 Å². The third-order valence-corrected chi connectivity index (χ3v) is 3.45. The van der Waals surface area contributed by atoms with Gasteiger partial charge < -0.3 is 9.84 Å². The maximum Gasteiger partial charge on any atom is 0.121 e. The third kappa shape index (κ3) is 4.65. The average Bonchev–Trinajstić information content (AvgIpc) is 2.50. The Labute approximate surface area is 125 Å². The van der Waals surface area contributed by atoms with E-state index in [-0.39, 0.29) is 6.61 Å². The molecule has 0 saturated heterocycles. The van der Waals surface area contributed by atoms with Crippen molar-refractivity contribution in [2.24, 2.45) is 0 Å². The van der Waals surface area contributed by atoms with Gasteiger partial charge in [0.2, 0.25) is 0 Å². The highest BCUT2D eigenvalue weighted by molar-refractivity contribution is 5.78. The molecule has 0 atom stereocenters. The van der Waals surface area contributed by atoms with Gasteiger partial charge in [0, 0.05) is 36.8 Å². The molecule has 114 valence electrons. The Morgan fingerprint density at radius 2 is 2.14 bits per heavy atom. The van der Waals surface area contributed by atoms with E-state index < -0.39 is 0 Å². The summed E-state index contributed by atoms with van der Waals surface area (Å²) >= 11 is 0. The molecule has 0 amide bonds. The molecule has 5 nitrogen and oxygen atoms in total. The zero-order valence-electron chi connectivity index (χ0n) is 12.7. The average molecular weight is 289 g/mol. The summed E-state index contributed by atoms with van der Waals surface area (Å²) in [6, 6.07) is 6.29. The first kappa shape index (κ1) is 15.7. The lowest BCUT2D eigenvalue weighted by Gasteiger charge is -2.25. The second-order valence-corrected chi connectivity index (χ2v) is 5.30. The second kappa shape index (κ2) is 7.90. The summed E-state index contributed by atoms with van der Waals surface area (Å²) in [6.07, 6.45) is 4.27. The van der Waals surface area contributed by atoms with Crippen molar-refractivity contribution in [2.45, 2.75) is 26.3 Å². The smallest absolute Gasteiger partial charge is 0.121 e. The fourth-order valence-corrected chi connectivity index (χ4v) is 2.26. The highest BCUT2D eigenvalue weighted by Crippen LogP contribution is 2.18. The van der Waals surface area contributed by atoms with Crippen molar-refractivity contribution in [2.75, 3.05) is 26.3 Å². The van der Waals surface area contributed by atoms with Gasteiger partial charge in [-0.3, -0.25) is 4.90 Å². The van der Waals surface area contributed by atoms with Crippen LogP contribution >= 0.6 is 0 Å². The Morgan fingerprint density at radius 3 is 2.90 bits per heavy atom. The summed E-state index contributed by atoms with van der Waals surface area (Å²) in [5, 5.41) is 10.0. The van der Waals surface area contributed by atoms with Crippen molar-refractivity contribution in [3.63, 3.8) is 0 Å². The van der Waals surface area contributed by atoms with Gasteiger partial charge in [-0.05, 0) is 32.4 Å². The number of rotatable bonds is 8. The quantitative estimate of drug-likeness (QED) is 0.754. The number of ether oxygens (including phenoxy) is 1. The monoisotopic (exact) mass is 289 g/mol. The van der Waals surface area contributed by atoms with Crippen molar-refractivity contribution in [3.05, 3.63) is 30.7 Å². The van der Waals surface area contributed by atoms with Crippen LogP contribution in [0.4, 0.5) is 0 Å². The molecule has 0 aliphatic carbocycles. The number of nitrogens with zero attached hydrogens (tertiary/aromatic N) is 3. The predicted molar refractivity (Wildman–Crippen MR) is 83.4 cm³/mol. The number of hydrogen-bond acceptors (Lipinski definition) is 5. The van der Waals surface area contributed by atoms with Crippen LogP contribution in [0.5, 0.6) is 5.75 Å².